The molecule has 0 amide bonds. The lowest BCUT2D eigenvalue weighted by Crippen LogP contribution is -2.26. The van der Waals surface area contributed by atoms with Crippen LogP contribution in [0.4, 0.5) is 0 Å². The summed E-state index contributed by atoms with van der Waals surface area (Å²) in [6.07, 6.45) is 0. The molecule has 2 bridgehead atoms. The Hall–Kier alpha value is 1.11. The predicted molar refractivity (Wildman–Crippen MR) is 74.8 cm³/mol. The minimum Gasteiger partial charge on any atom is -0.314 e. The third-order valence-corrected chi connectivity index (χ3v) is 14.5. The lowest BCUT2D eigenvalue weighted by atomic mass is 10.5. The molecule has 0 aromatic heterocycles. The molecule has 0 N–H and O–H groups in total. The van der Waals surface area contributed by atoms with E-state index in [1.54, 1.807) is 0 Å². The highest BCUT2D eigenvalue weighted by atomic mass is 35.9. The highest BCUT2D eigenvalue weighted by molar-refractivity contribution is 8.13. The minimum absolute atomic E-state index is 0.633. The first-order chi connectivity index (χ1) is 8.54. The maximum absolute atomic E-state index is 6.30. The van der Waals surface area contributed by atoms with Crippen LogP contribution in [0, 0.1) is 0 Å². The summed E-state index contributed by atoms with van der Waals surface area (Å²) in [6, 6.07) is 0. The van der Waals surface area contributed by atoms with Crippen molar-refractivity contribution >= 4 is 43.6 Å². The van der Waals surface area contributed by atoms with Crippen molar-refractivity contribution in [1.82, 2.24) is 9.34 Å². The Morgan fingerprint density at radius 3 is 1.94 bits per heavy atom. The second-order valence-corrected chi connectivity index (χ2v) is 14.4. The molecule has 12 heteroatoms. The van der Waals surface area contributed by atoms with Gasteiger partial charge in [0.15, 0.2) is 0 Å². The van der Waals surface area contributed by atoms with Crippen molar-refractivity contribution in [1.29, 1.82) is 0 Å². The quantitative estimate of drug-likeness (QED) is 0.620. The van der Waals surface area contributed by atoms with Gasteiger partial charge in [0.25, 0.3) is 21.1 Å². The fraction of sp³-hybridized carbons (Fsp3) is 1.00. The highest BCUT2D eigenvalue weighted by Gasteiger charge is 2.50. The Labute approximate surface area is 115 Å². The predicted octanol–water partition coefficient (Wildman–Crippen LogP) is 3.99. The van der Waals surface area contributed by atoms with Gasteiger partial charge in [-0.25, -0.2) is 9.34 Å². The molecule has 102 valence electrons. The summed E-state index contributed by atoms with van der Waals surface area (Å²) < 4.78 is 29.9. The molecule has 4 rings (SSSR count). The SMILES string of the molecule is ClP1(Cl)=NP23=NP4(=N1)OCCN4CCN2CCO3. The first-order valence-corrected chi connectivity index (χ1v) is 12.3. The molecule has 2 unspecified atom stereocenters. The molecular formula is C6H12Cl2N5O2P3. The van der Waals surface area contributed by atoms with Crippen LogP contribution in [0.3, 0.4) is 0 Å². The maximum Gasteiger partial charge on any atom is 0.282 e. The van der Waals surface area contributed by atoms with Crippen LogP contribution < -0.4 is 0 Å². The van der Waals surface area contributed by atoms with E-state index in [1.807, 2.05) is 0 Å². The number of hydrogen-bond donors (Lipinski definition) is 0. The number of halogens is 2. The molecule has 4 aliphatic rings. The molecule has 7 nitrogen and oxygen atoms in total. The van der Waals surface area contributed by atoms with Gasteiger partial charge in [-0.1, -0.05) is 0 Å². The molecular weight excluding hydrogens is 338 g/mol. The van der Waals surface area contributed by atoms with Crippen LogP contribution in [0.25, 0.3) is 0 Å². The standard InChI is InChI=1S/C6H12Cl2N5O2P3/c7-16(8)9-17-11-18(10-16)13(4-6-15-18)2-1-12(17)3-5-14-17/h1-6H2. The Morgan fingerprint density at radius 1 is 0.778 bits per heavy atom. The zero-order valence-electron chi connectivity index (χ0n) is 9.39. The molecule has 0 aromatic rings. The Bertz CT molecular complexity index is 558. The van der Waals surface area contributed by atoms with E-state index in [9.17, 15) is 0 Å². The van der Waals surface area contributed by atoms with E-state index in [4.69, 9.17) is 36.0 Å². The molecule has 2 spiro atoms. The van der Waals surface area contributed by atoms with Crippen LogP contribution in [-0.2, 0) is 9.05 Å². The Balaban J connectivity index is 2.03. The van der Waals surface area contributed by atoms with Gasteiger partial charge < -0.3 is 9.05 Å². The molecule has 2 atom stereocenters. The van der Waals surface area contributed by atoms with E-state index in [1.165, 1.54) is 0 Å². The van der Waals surface area contributed by atoms with E-state index >= 15 is 0 Å². The van der Waals surface area contributed by atoms with Crippen molar-refractivity contribution < 1.29 is 9.05 Å². The van der Waals surface area contributed by atoms with Crippen LogP contribution in [0.1, 0.15) is 0 Å². The first kappa shape index (κ1) is 12.8. The maximum atomic E-state index is 6.30. The fourth-order valence-electron chi connectivity index (χ4n) is 2.49. The van der Waals surface area contributed by atoms with Gasteiger partial charge in [-0.3, -0.25) is 0 Å². The molecule has 2 fully saturated rings. The van der Waals surface area contributed by atoms with Crippen molar-refractivity contribution in [2.45, 2.75) is 0 Å². The van der Waals surface area contributed by atoms with Crippen LogP contribution in [0.5, 0.6) is 0 Å². The number of nitrogens with zero attached hydrogens (tertiary/aromatic N) is 5. The highest BCUT2D eigenvalue weighted by Crippen LogP contribution is 2.86. The van der Waals surface area contributed by atoms with Gasteiger partial charge in [-0.2, -0.15) is 13.5 Å². The van der Waals surface area contributed by atoms with E-state index in [-0.39, 0.29) is 0 Å². The lowest BCUT2D eigenvalue weighted by Gasteiger charge is -2.28. The van der Waals surface area contributed by atoms with E-state index in [0.717, 1.165) is 26.2 Å². The molecule has 18 heavy (non-hydrogen) atoms. The van der Waals surface area contributed by atoms with Crippen molar-refractivity contribution in [3.8, 4) is 0 Å². The summed E-state index contributed by atoms with van der Waals surface area (Å²) in [6.45, 7) is 4.68. The van der Waals surface area contributed by atoms with Crippen LogP contribution >= 0.6 is 43.6 Å². The van der Waals surface area contributed by atoms with Gasteiger partial charge in [0.1, 0.15) is 0 Å². The molecule has 0 aromatic carbocycles. The lowest BCUT2D eigenvalue weighted by molar-refractivity contribution is 0.374. The minimum atomic E-state index is -2.73. The summed E-state index contributed by atoms with van der Waals surface area (Å²) in [5.41, 5.74) is 0. The summed E-state index contributed by atoms with van der Waals surface area (Å²) in [5, 5.41) is 0. The van der Waals surface area contributed by atoms with Crippen LogP contribution in [-0.4, -0.2) is 48.7 Å². The Morgan fingerprint density at radius 2 is 1.33 bits per heavy atom. The molecule has 0 aliphatic carbocycles. The van der Waals surface area contributed by atoms with Gasteiger partial charge >= 0.3 is 0 Å². The van der Waals surface area contributed by atoms with Crippen LogP contribution in [0.2, 0.25) is 0 Å². The molecule has 4 heterocycles. The first-order valence-electron chi connectivity index (χ1n) is 5.65. The van der Waals surface area contributed by atoms with Gasteiger partial charge in [-0.05, 0) is 22.5 Å². The number of hydrogen-bond acceptors (Lipinski definition) is 7. The van der Waals surface area contributed by atoms with Gasteiger partial charge in [-0.15, -0.1) is 0 Å². The molecule has 4 aliphatic heterocycles. The average molecular weight is 350 g/mol. The van der Waals surface area contributed by atoms with E-state index in [0.29, 0.717) is 13.2 Å². The van der Waals surface area contributed by atoms with Crippen LogP contribution in [0.15, 0.2) is 13.5 Å². The Kier molecular flexibility index (Phi) is 2.90. The number of rotatable bonds is 0. The largest absolute Gasteiger partial charge is 0.314 e. The normalized spacial score (nSPS) is 46.3. The smallest absolute Gasteiger partial charge is 0.282 e. The van der Waals surface area contributed by atoms with Gasteiger partial charge in [0, 0.05) is 26.2 Å². The third kappa shape index (κ3) is 1.77. The second-order valence-electron chi connectivity index (χ2n) is 4.32. The van der Waals surface area contributed by atoms with Crippen molar-refractivity contribution in [2.24, 2.45) is 13.5 Å². The third-order valence-electron chi connectivity index (χ3n) is 3.26. The summed E-state index contributed by atoms with van der Waals surface area (Å²) in [5.74, 6) is -2.73. The van der Waals surface area contributed by atoms with Gasteiger partial charge in [0.2, 0.25) is 0 Å². The molecule has 2 saturated heterocycles. The summed E-state index contributed by atoms with van der Waals surface area (Å²) in [4.78, 5) is 0. The zero-order valence-corrected chi connectivity index (χ0v) is 13.6. The van der Waals surface area contributed by atoms with Crippen molar-refractivity contribution in [3.05, 3.63) is 0 Å². The average Bonchev–Trinajstić information content (AvgIpc) is 2.77. The van der Waals surface area contributed by atoms with Crippen molar-refractivity contribution in [2.75, 3.05) is 39.4 Å². The summed E-state index contributed by atoms with van der Waals surface area (Å²) >= 11 is 12.6. The van der Waals surface area contributed by atoms with Crippen molar-refractivity contribution in [3.63, 3.8) is 0 Å². The molecule has 0 radical (unpaired) electrons. The van der Waals surface area contributed by atoms with E-state index < -0.39 is 21.1 Å². The topological polar surface area (TPSA) is 62.0 Å². The van der Waals surface area contributed by atoms with Gasteiger partial charge in [0.05, 0.1) is 13.2 Å². The fourth-order valence-corrected chi connectivity index (χ4v) is 15.5. The second kappa shape index (κ2) is 4.07. The summed E-state index contributed by atoms with van der Waals surface area (Å²) in [7, 11) is -4.78. The zero-order chi connectivity index (χ0) is 12.4. The molecule has 0 saturated carbocycles. The monoisotopic (exact) mass is 349 g/mol. The van der Waals surface area contributed by atoms with E-state index in [2.05, 4.69) is 18.4 Å².